The number of nitrogens with zero attached hydrogens (tertiary/aromatic N) is 2. The molecule has 0 aromatic carbocycles. The van der Waals surface area contributed by atoms with E-state index in [4.69, 9.17) is 5.11 Å². The predicted molar refractivity (Wildman–Crippen MR) is 65.2 cm³/mol. The molecule has 0 spiro atoms. The molecular formula is C13H20N2O2. The summed E-state index contributed by atoms with van der Waals surface area (Å²) in [5.41, 5.74) is 1.57. The number of hydrogen-bond donors (Lipinski definition) is 1. The van der Waals surface area contributed by atoms with E-state index >= 15 is 0 Å². The van der Waals surface area contributed by atoms with Crippen molar-refractivity contribution < 1.29 is 9.90 Å². The average molecular weight is 236 g/mol. The van der Waals surface area contributed by atoms with Gasteiger partial charge in [0.2, 0.25) is 0 Å². The van der Waals surface area contributed by atoms with Gasteiger partial charge >= 0.3 is 5.97 Å². The van der Waals surface area contributed by atoms with E-state index in [9.17, 15) is 4.79 Å². The highest BCUT2D eigenvalue weighted by Gasteiger charge is 2.30. The summed E-state index contributed by atoms with van der Waals surface area (Å²) in [6.45, 7) is 4.56. The number of carbonyl (C=O) groups is 1. The minimum Gasteiger partial charge on any atom is -0.477 e. The number of carboxylic acid groups (broad SMARTS) is 1. The molecule has 1 unspecified atom stereocenters. The van der Waals surface area contributed by atoms with Crippen LogP contribution < -0.4 is 0 Å². The lowest BCUT2D eigenvalue weighted by Crippen LogP contribution is -2.21. The summed E-state index contributed by atoms with van der Waals surface area (Å²) in [5, 5.41) is 13.4. The van der Waals surface area contributed by atoms with Gasteiger partial charge in [0, 0.05) is 13.0 Å². The molecule has 0 radical (unpaired) electrons. The van der Waals surface area contributed by atoms with E-state index in [0.717, 1.165) is 18.5 Å². The first kappa shape index (κ1) is 12.1. The molecule has 1 aliphatic carbocycles. The zero-order valence-electron chi connectivity index (χ0n) is 10.7. The fourth-order valence-corrected chi connectivity index (χ4v) is 2.84. The number of aromatic carboxylic acids is 1. The summed E-state index contributed by atoms with van der Waals surface area (Å²) >= 11 is 0. The maximum Gasteiger partial charge on any atom is 0.354 e. The Labute approximate surface area is 102 Å². The van der Waals surface area contributed by atoms with Gasteiger partial charge in [0.15, 0.2) is 0 Å². The van der Waals surface area contributed by atoms with Gasteiger partial charge in [0.25, 0.3) is 0 Å². The molecule has 1 heterocycles. The Kier molecular flexibility index (Phi) is 2.98. The van der Waals surface area contributed by atoms with Crippen LogP contribution in [0.15, 0.2) is 6.07 Å². The third kappa shape index (κ3) is 2.51. The Bertz CT molecular complexity index is 435. The lowest BCUT2D eigenvalue weighted by molar-refractivity contribution is 0.0685. The van der Waals surface area contributed by atoms with Crippen LogP contribution in [0.3, 0.4) is 0 Å². The van der Waals surface area contributed by atoms with Crippen LogP contribution in [0.5, 0.6) is 0 Å². The van der Waals surface area contributed by atoms with Crippen molar-refractivity contribution >= 4 is 5.97 Å². The molecule has 2 rings (SSSR count). The quantitative estimate of drug-likeness (QED) is 0.859. The van der Waals surface area contributed by atoms with E-state index in [1.165, 1.54) is 17.5 Å². The standard InChI is InChI=1S/C13H20N2O2/c1-13(2)6-4-5-9(8-13)10-7-11(12(16)17)15(3)14-10/h7,9H,4-6,8H2,1-3H3,(H,16,17). The maximum absolute atomic E-state index is 11.0. The number of carboxylic acids is 1. The molecule has 1 saturated carbocycles. The van der Waals surface area contributed by atoms with E-state index in [0.29, 0.717) is 11.3 Å². The summed E-state index contributed by atoms with van der Waals surface area (Å²) in [7, 11) is 1.70. The lowest BCUT2D eigenvalue weighted by Gasteiger charge is -2.34. The fourth-order valence-electron chi connectivity index (χ4n) is 2.84. The number of aromatic nitrogens is 2. The van der Waals surface area contributed by atoms with Crippen molar-refractivity contribution in [1.82, 2.24) is 9.78 Å². The number of rotatable bonds is 2. The first-order valence-corrected chi connectivity index (χ1v) is 6.16. The summed E-state index contributed by atoms with van der Waals surface area (Å²) < 4.78 is 1.47. The largest absolute Gasteiger partial charge is 0.477 e. The van der Waals surface area contributed by atoms with Crippen LogP contribution in [0.4, 0.5) is 0 Å². The van der Waals surface area contributed by atoms with E-state index in [1.807, 2.05) is 0 Å². The molecule has 0 bridgehead atoms. The molecule has 0 aliphatic heterocycles. The topological polar surface area (TPSA) is 55.1 Å². The van der Waals surface area contributed by atoms with Crippen LogP contribution in [0.2, 0.25) is 0 Å². The molecule has 1 N–H and O–H groups in total. The van der Waals surface area contributed by atoms with E-state index < -0.39 is 5.97 Å². The van der Waals surface area contributed by atoms with Crippen LogP contribution in [0.25, 0.3) is 0 Å². The van der Waals surface area contributed by atoms with Crippen molar-refractivity contribution in [1.29, 1.82) is 0 Å². The Morgan fingerprint density at radius 3 is 2.82 bits per heavy atom. The number of hydrogen-bond acceptors (Lipinski definition) is 2. The average Bonchev–Trinajstić information content (AvgIpc) is 2.59. The van der Waals surface area contributed by atoms with Crippen LogP contribution in [-0.4, -0.2) is 20.9 Å². The second-order valence-electron chi connectivity index (χ2n) is 5.84. The molecule has 0 amide bonds. The molecule has 17 heavy (non-hydrogen) atoms. The summed E-state index contributed by atoms with van der Waals surface area (Å²) in [6.07, 6.45) is 4.68. The predicted octanol–water partition coefficient (Wildman–Crippen LogP) is 2.80. The Morgan fingerprint density at radius 2 is 2.29 bits per heavy atom. The van der Waals surface area contributed by atoms with Gasteiger partial charge in [-0.25, -0.2) is 4.79 Å². The first-order chi connectivity index (χ1) is 7.89. The van der Waals surface area contributed by atoms with Crippen LogP contribution in [-0.2, 0) is 7.05 Å². The highest BCUT2D eigenvalue weighted by Crippen LogP contribution is 2.42. The van der Waals surface area contributed by atoms with Crippen molar-refractivity contribution in [2.75, 3.05) is 0 Å². The molecule has 1 fully saturated rings. The van der Waals surface area contributed by atoms with Crippen molar-refractivity contribution in [3.05, 3.63) is 17.5 Å². The zero-order chi connectivity index (χ0) is 12.6. The maximum atomic E-state index is 11.0. The SMILES string of the molecule is Cn1nc(C2CCCC(C)(C)C2)cc1C(=O)O. The smallest absolute Gasteiger partial charge is 0.354 e. The molecule has 94 valence electrons. The monoisotopic (exact) mass is 236 g/mol. The molecule has 4 heteroatoms. The second-order valence-corrected chi connectivity index (χ2v) is 5.84. The van der Waals surface area contributed by atoms with Gasteiger partial charge in [-0.15, -0.1) is 0 Å². The van der Waals surface area contributed by atoms with Crippen LogP contribution >= 0.6 is 0 Å². The van der Waals surface area contributed by atoms with E-state index in [-0.39, 0.29) is 5.69 Å². The van der Waals surface area contributed by atoms with Crippen LogP contribution in [0, 0.1) is 5.41 Å². The van der Waals surface area contributed by atoms with Gasteiger partial charge in [-0.05, 0) is 30.7 Å². The minimum atomic E-state index is -0.902. The third-order valence-corrected chi connectivity index (χ3v) is 3.74. The van der Waals surface area contributed by atoms with Crippen molar-refractivity contribution in [3.63, 3.8) is 0 Å². The first-order valence-electron chi connectivity index (χ1n) is 6.16. The van der Waals surface area contributed by atoms with Gasteiger partial charge in [-0.1, -0.05) is 20.3 Å². The molecular weight excluding hydrogens is 216 g/mol. The van der Waals surface area contributed by atoms with Gasteiger partial charge in [-0.3, -0.25) is 4.68 Å². The lowest BCUT2D eigenvalue weighted by atomic mass is 9.71. The highest BCUT2D eigenvalue weighted by atomic mass is 16.4. The minimum absolute atomic E-state index is 0.281. The van der Waals surface area contributed by atoms with Gasteiger partial charge in [-0.2, -0.15) is 5.10 Å². The van der Waals surface area contributed by atoms with E-state index in [1.54, 1.807) is 13.1 Å². The molecule has 4 nitrogen and oxygen atoms in total. The normalized spacial score (nSPS) is 23.6. The van der Waals surface area contributed by atoms with Crippen LogP contribution in [0.1, 0.15) is 61.6 Å². The van der Waals surface area contributed by atoms with Gasteiger partial charge in [0.05, 0.1) is 5.69 Å². The van der Waals surface area contributed by atoms with Gasteiger partial charge in [0.1, 0.15) is 5.69 Å². The fraction of sp³-hybridized carbons (Fsp3) is 0.692. The molecule has 0 saturated heterocycles. The van der Waals surface area contributed by atoms with Crippen molar-refractivity contribution in [3.8, 4) is 0 Å². The Morgan fingerprint density at radius 1 is 1.59 bits per heavy atom. The third-order valence-electron chi connectivity index (χ3n) is 3.74. The summed E-state index contributed by atoms with van der Waals surface area (Å²) in [5.74, 6) is -0.487. The molecule has 1 atom stereocenters. The van der Waals surface area contributed by atoms with Crippen molar-refractivity contribution in [2.45, 2.75) is 45.4 Å². The molecule has 1 aliphatic rings. The summed E-state index contributed by atoms with van der Waals surface area (Å²) in [4.78, 5) is 11.0. The highest BCUT2D eigenvalue weighted by molar-refractivity contribution is 5.85. The van der Waals surface area contributed by atoms with Crippen molar-refractivity contribution in [2.24, 2.45) is 12.5 Å². The van der Waals surface area contributed by atoms with Gasteiger partial charge < -0.3 is 5.11 Å². The summed E-state index contributed by atoms with van der Waals surface area (Å²) in [6, 6.07) is 1.73. The second kappa shape index (κ2) is 4.17. The zero-order valence-corrected chi connectivity index (χ0v) is 10.7. The number of aryl methyl sites for hydroxylation is 1. The molecule has 1 aromatic heterocycles. The molecule has 1 aromatic rings. The Hall–Kier alpha value is -1.32. The van der Waals surface area contributed by atoms with E-state index in [2.05, 4.69) is 18.9 Å². The Balaban J connectivity index is 2.22.